The van der Waals surface area contributed by atoms with Crippen molar-refractivity contribution in [1.29, 1.82) is 0 Å². The van der Waals surface area contributed by atoms with Crippen molar-refractivity contribution in [2.24, 2.45) is 7.05 Å². The minimum absolute atomic E-state index is 0.231. The monoisotopic (exact) mass is 358 g/mol. The molecule has 0 unspecified atom stereocenters. The molecular weight excluding hydrogens is 344 g/mol. The van der Waals surface area contributed by atoms with E-state index in [0.717, 1.165) is 11.3 Å². The molecule has 0 spiro atoms. The van der Waals surface area contributed by atoms with Crippen LogP contribution in [0, 0.1) is 6.92 Å². The van der Waals surface area contributed by atoms with Gasteiger partial charge in [0.1, 0.15) is 5.75 Å². The number of sulfone groups is 1. The van der Waals surface area contributed by atoms with Gasteiger partial charge in [-0.25, -0.2) is 13.1 Å². The fraction of sp³-hybridized carbons (Fsp3) is 0.308. The van der Waals surface area contributed by atoms with E-state index in [2.05, 4.69) is 21.0 Å². The molecule has 0 N–H and O–H groups in total. The number of alkyl halides is 1. The second-order valence-corrected chi connectivity index (χ2v) is 7.05. The molecule has 0 bridgehead atoms. The van der Waals surface area contributed by atoms with E-state index in [4.69, 9.17) is 4.74 Å². The Bertz CT molecular complexity index is 738. The Morgan fingerprint density at radius 2 is 2.10 bits per heavy atom. The van der Waals surface area contributed by atoms with E-state index in [0.29, 0.717) is 17.0 Å². The first-order chi connectivity index (χ1) is 9.32. The zero-order chi connectivity index (χ0) is 14.9. The van der Waals surface area contributed by atoms with Gasteiger partial charge in [0.25, 0.3) is 0 Å². The molecule has 108 valence electrons. The number of nitrogens with zero attached hydrogens (tertiary/aromatic N) is 2. The lowest BCUT2D eigenvalue weighted by Crippen LogP contribution is -1.99. The van der Waals surface area contributed by atoms with Crippen molar-refractivity contribution in [3.8, 4) is 11.6 Å². The molecule has 0 atom stereocenters. The average molecular weight is 359 g/mol. The van der Waals surface area contributed by atoms with Crippen LogP contribution in [0.2, 0.25) is 0 Å². The van der Waals surface area contributed by atoms with Gasteiger partial charge in [0.05, 0.1) is 10.6 Å². The second kappa shape index (κ2) is 5.57. The number of rotatable bonds is 4. The van der Waals surface area contributed by atoms with E-state index in [9.17, 15) is 8.42 Å². The van der Waals surface area contributed by atoms with Crippen LogP contribution in [0.4, 0.5) is 0 Å². The predicted molar refractivity (Wildman–Crippen MR) is 80.2 cm³/mol. The van der Waals surface area contributed by atoms with Gasteiger partial charge in [-0.2, -0.15) is 5.10 Å². The first-order valence-corrected chi connectivity index (χ1v) is 8.90. The van der Waals surface area contributed by atoms with Crippen molar-refractivity contribution in [2.45, 2.75) is 17.1 Å². The van der Waals surface area contributed by atoms with Gasteiger partial charge in [0.2, 0.25) is 5.88 Å². The topological polar surface area (TPSA) is 61.2 Å². The molecule has 5 nitrogen and oxygen atoms in total. The zero-order valence-corrected chi connectivity index (χ0v) is 13.8. The largest absolute Gasteiger partial charge is 0.439 e. The Morgan fingerprint density at radius 3 is 2.70 bits per heavy atom. The minimum Gasteiger partial charge on any atom is -0.439 e. The van der Waals surface area contributed by atoms with Crippen LogP contribution < -0.4 is 4.74 Å². The fourth-order valence-electron chi connectivity index (χ4n) is 1.84. The molecule has 0 saturated carbocycles. The number of aryl methyl sites for hydroxylation is 2. The van der Waals surface area contributed by atoms with Crippen molar-refractivity contribution in [1.82, 2.24) is 9.78 Å². The van der Waals surface area contributed by atoms with Gasteiger partial charge in [-0.15, -0.1) is 0 Å². The Morgan fingerprint density at radius 1 is 1.40 bits per heavy atom. The summed E-state index contributed by atoms with van der Waals surface area (Å²) in [5.41, 5.74) is 1.82. The minimum atomic E-state index is -3.25. The summed E-state index contributed by atoms with van der Waals surface area (Å²) < 4.78 is 30.5. The summed E-state index contributed by atoms with van der Waals surface area (Å²) in [6, 6.07) is 6.43. The first-order valence-electron chi connectivity index (χ1n) is 5.89. The maximum Gasteiger partial charge on any atom is 0.221 e. The molecule has 1 aromatic heterocycles. The standard InChI is InChI=1S/C13H15BrN2O3S/c1-9-12(8-14)13(16(2)15-9)19-10-5-4-6-11(7-10)20(3,17)18/h4-7H,8H2,1-3H3. The van der Waals surface area contributed by atoms with Gasteiger partial charge in [0.15, 0.2) is 9.84 Å². The van der Waals surface area contributed by atoms with Crippen LogP contribution in [0.15, 0.2) is 29.2 Å². The summed E-state index contributed by atoms with van der Waals surface area (Å²) in [6.07, 6.45) is 1.17. The van der Waals surface area contributed by atoms with Crippen LogP contribution in [-0.2, 0) is 22.2 Å². The molecular formula is C13H15BrN2O3S. The highest BCUT2D eigenvalue weighted by atomic mass is 79.9. The fourth-order valence-corrected chi connectivity index (χ4v) is 3.14. The molecule has 0 saturated heterocycles. The van der Waals surface area contributed by atoms with Gasteiger partial charge in [-0.05, 0) is 25.1 Å². The van der Waals surface area contributed by atoms with E-state index < -0.39 is 9.84 Å². The molecule has 0 radical (unpaired) electrons. The number of hydrogen-bond acceptors (Lipinski definition) is 4. The summed E-state index contributed by atoms with van der Waals surface area (Å²) in [6.45, 7) is 1.90. The van der Waals surface area contributed by atoms with Gasteiger partial charge >= 0.3 is 0 Å². The lowest BCUT2D eigenvalue weighted by molar-refractivity contribution is 0.426. The molecule has 0 amide bonds. The number of benzene rings is 1. The van der Waals surface area contributed by atoms with E-state index in [1.54, 1.807) is 29.9 Å². The zero-order valence-electron chi connectivity index (χ0n) is 11.4. The summed E-state index contributed by atoms with van der Waals surface area (Å²) in [5, 5.41) is 4.91. The number of aromatic nitrogens is 2. The van der Waals surface area contributed by atoms with Crippen LogP contribution in [-0.4, -0.2) is 24.5 Å². The number of hydrogen-bond donors (Lipinski definition) is 0. The van der Waals surface area contributed by atoms with Crippen molar-refractivity contribution in [2.75, 3.05) is 6.26 Å². The summed E-state index contributed by atoms with van der Waals surface area (Å²) in [4.78, 5) is 0.231. The van der Waals surface area contributed by atoms with Crippen LogP contribution in [0.5, 0.6) is 11.6 Å². The second-order valence-electron chi connectivity index (χ2n) is 4.48. The van der Waals surface area contributed by atoms with Gasteiger partial charge in [-0.3, -0.25) is 0 Å². The molecule has 7 heteroatoms. The third-order valence-corrected chi connectivity index (χ3v) is 4.54. The molecule has 2 aromatic rings. The van der Waals surface area contributed by atoms with Crippen LogP contribution in [0.1, 0.15) is 11.3 Å². The van der Waals surface area contributed by atoms with E-state index >= 15 is 0 Å². The quantitative estimate of drug-likeness (QED) is 0.788. The molecule has 0 fully saturated rings. The van der Waals surface area contributed by atoms with Crippen molar-refractivity contribution >= 4 is 25.8 Å². The molecule has 20 heavy (non-hydrogen) atoms. The molecule has 1 aromatic carbocycles. The Kier molecular flexibility index (Phi) is 4.19. The Hall–Kier alpha value is -1.34. The van der Waals surface area contributed by atoms with Crippen LogP contribution >= 0.6 is 15.9 Å². The summed E-state index contributed by atoms with van der Waals surface area (Å²) in [5.74, 6) is 1.07. The third kappa shape index (κ3) is 3.04. The molecule has 0 aliphatic heterocycles. The highest BCUT2D eigenvalue weighted by Crippen LogP contribution is 2.29. The summed E-state index contributed by atoms with van der Waals surface area (Å²) in [7, 11) is -1.46. The summed E-state index contributed by atoms with van der Waals surface area (Å²) >= 11 is 3.40. The normalized spacial score (nSPS) is 11.6. The lowest BCUT2D eigenvalue weighted by atomic mass is 10.3. The molecule has 2 rings (SSSR count). The maximum atomic E-state index is 11.6. The Labute approximate surface area is 126 Å². The van der Waals surface area contributed by atoms with E-state index in [1.807, 2.05) is 6.92 Å². The predicted octanol–water partition coefficient (Wildman–Crippen LogP) is 2.82. The lowest BCUT2D eigenvalue weighted by Gasteiger charge is -2.08. The molecule has 0 aliphatic carbocycles. The van der Waals surface area contributed by atoms with Gasteiger partial charge < -0.3 is 4.74 Å². The molecule has 1 heterocycles. The van der Waals surface area contributed by atoms with E-state index in [1.165, 1.54) is 12.3 Å². The van der Waals surface area contributed by atoms with Crippen LogP contribution in [0.25, 0.3) is 0 Å². The average Bonchev–Trinajstić information content (AvgIpc) is 2.63. The van der Waals surface area contributed by atoms with Crippen molar-refractivity contribution in [3.63, 3.8) is 0 Å². The maximum absolute atomic E-state index is 11.6. The highest BCUT2D eigenvalue weighted by molar-refractivity contribution is 9.08. The third-order valence-electron chi connectivity index (χ3n) is 2.87. The smallest absolute Gasteiger partial charge is 0.221 e. The van der Waals surface area contributed by atoms with Crippen LogP contribution in [0.3, 0.4) is 0 Å². The van der Waals surface area contributed by atoms with Gasteiger partial charge in [0, 0.05) is 24.2 Å². The SMILES string of the molecule is Cc1nn(C)c(Oc2cccc(S(C)(=O)=O)c2)c1CBr. The Balaban J connectivity index is 2.41. The van der Waals surface area contributed by atoms with Crippen molar-refractivity contribution < 1.29 is 13.2 Å². The number of ether oxygens (including phenoxy) is 1. The number of halogens is 1. The molecule has 0 aliphatic rings. The first kappa shape index (κ1) is 15.1. The highest BCUT2D eigenvalue weighted by Gasteiger charge is 2.15. The van der Waals surface area contributed by atoms with Crippen molar-refractivity contribution in [3.05, 3.63) is 35.5 Å². The van der Waals surface area contributed by atoms with E-state index in [-0.39, 0.29) is 4.90 Å². The van der Waals surface area contributed by atoms with Gasteiger partial charge in [-0.1, -0.05) is 22.0 Å².